The summed E-state index contributed by atoms with van der Waals surface area (Å²) in [7, 11) is 0. The van der Waals surface area contributed by atoms with E-state index in [4.69, 9.17) is 21.3 Å². The van der Waals surface area contributed by atoms with E-state index in [9.17, 15) is 14.4 Å². The summed E-state index contributed by atoms with van der Waals surface area (Å²) in [6.07, 6.45) is 3.44. The van der Waals surface area contributed by atoms with Crippen LogP contribution >= 0.6 is 23.4 Å². The maximum absolute atomic E-state index is 13.3. The fraction of sp³-hybridized carbons (Fsp3) is 0.471. The van der Waals surface area contributed by atoms with Gasteiger partial charge in [0.15, 0.2) is 10.3 Å². The van der Waals surface area contributed by atoms with Crippen molar-refractivity contribution >= 4 is 40.4 Å². The average molecular weight is 626 g/mol. The zero-order chi connectivity index (χ0) is 31.7. The van der Waals surface area contributed by atoms with E-state index in [0.29, 0.717) is 23.0 Å². The Kier molecular flexibility index (Phi) is 12.5. The van der Waals surface area contributed by atoms with E-state index in [0.717, 1.165) is 60.0 Å². The van der Waals surface area contributed by atoms with Crippen molar-refractivity contribution in [3.05, 3.63) is 76.3 Å². The van der Waals surface area contributed by atoms with Gasteiger partial charge in [-0.1, -0.05) is 99.4 Å². The molecule has 0 radical (unpaired) electrons. The number of aryl methyl sites for hydroxylation is 1. The molecule has 3 rings (SSSR count). The number of ether oxygens (including phenoxy) is 1. The van der Waals surface area contributed by atoms with Crippen molar-refractivity contribution < 1.29 is 19.1 Å². The van der Waals surface area contributed by atoms with E-state index in [1.54, 1.807) is 6.07 Å². The lowest BCUT2D eigenvalue weighted by molar-refractivity contribution is -0.121. The molecule has 1 amide bonds. The maximum Gasteiger partial charge on any atom is 0.339 e. The number of esters is 1. The first-order valence-electron chi connectivity index (χ1n) is 15.0. The van der Waals surface area contributed by atoms with Crippen molar-refractivity contribution in [2.75, 3.05) is 0 Å². The Balaban J connectivity index is 2.01. The van der Waals surface area contributed by atoms with Crippen LogP contribution in [0, 0.1) is 5.92 Å². The first kappa shape index (κ1) is 34.4. The van der Waals surface area contributed by atoms with E-state index >= 15 is 0 Å². The lowest BCUT2D eigenvalue weighted by atomic mass is 9.95. The number of benzene rings is 2. The minimum atomic E-state index is -0.623. The number of aromatic nitrogens is 2. The number of imidazole rings is 1. The molecule has 0 saturated heterocycles. The van der Waals surface area contributed by atoms with Crippen LogP contribution in [-0.2, 0) is 33.8 Å². The van der Waals surface area contributed by atoms with Crippen molar-refractivity contribution in [1.82, 2.24) is 14.9 Å². The molecule has 0 aliphatic carbocycles. The molecule has 2 atom stereocenters. The summed E-state index contributed by atoms with van der Waals surface area (Å²) < 4.78 is 7.79. The Hall–Kier alpha value is -3.10. The van der Waals surface area contributed by atoms with Crippen LogP contribution in [0.5, 0.6) is 0 Å². The van der Waals surface area contributed by atoms with Gasteiger partial charge in [-0.05, 0) is 55.9 Å². The second-order valence-corrected chi connectivity index (χ2v) is 13.5. The highest BCUT2D eigenvalue weighted by molar-refractivity contribution is 8.14. The first-order valence-corrected chi connectivity index (χ1v) is 16.2. The van der Waals surface area contributed by atoms with E-state index in [1.165, 1.54) is 6.92 Å². The third kappa shape index (κ3) is 9.44. The molecule has 2 aromatic carbocycles. The second-order valence-electron chi connectivity index (χ2n) is 11.8. The number of amides is 1. The largest absolute Gasteiger partial charge is 0.456 e. The smallest absolute Gasteiger partial charge is 0.339 e. The van der Waals surface area contributed by atoms with Crippen molar-refractivity contribution in [2.45, 2.75) is 98.1 Å². The van der Waals surface area contributed by atoms with Gasteiger partial charge in [-0.25, -0.2) is 9.78 Å². The summed E-state index contributed by atoms with van der Waals surface area (Å²) in [6, 6.07) is 15.4. The molecule has 2 unspecified atom stereocenters. The van der Waals surface area contributed by atoms with Gasteiger partial charge in [0.25, 0.3) is 0 Å². The predicted molar refractivity (Wildman–Crippen MR) is 175 cm³/mol. The number of hydrogen-bond acceptors (Lipinski definition) is 6. The maximum atomic E-state index is 13.3. The van der Waals surface area contributed by atoms with Crippen LogP contribution in [0.25, 0.3) is 11.1 Å². The minimum absolute atomic E-state index is 0.0336. The number of rotatable bonds is 13. The minimum Gasteiger partial charge on any atom is -0.456 e. The number of hydrogen-bond donors (Lipinski definition) is 1. The Morgan fingerprint density at radius 2 is 1.70 bits per heavy atom. The van der Waals surface area contributed by atoms with Crippen LogP contribution in [0.2, 0.25) is 5.15 Å². The number of nitrogens with zero attached hydrogens (tertiary/aromatic N) is 2. The van der Waals surface area contributed by atoms with Gasteiger partial charge >= 0.3 is 5.97 Å². The normalized spacial score (nSPS) is 12.9. The van der Waals surface area contributed by atoms with E-state index in [1.807, 2.05) is 77.1 Å². The Morgan fingerprint density at radius 1 is 1.05 bits per heavy atom. The molecule has 0 aliphatic rings. The van der Waals surface area contributed by atoms with Crippen LogP contribution in [0.1, 0.15) is 95.2 Å². The molecule has 43 heavy (non-hydrogen) atoms. The number of carbonyl (C=O) groups excluding carboxylic acids is 3. The quantitative estimate of drug-likeness (QED) is 0.194. The number of carbonyl (C=O) groups is 3. The molecule has 232 valence electrons. The summed E-state index contributed by atoms with van der Waals surface area (Å²) in [5.41, 5.74) is 3.23. The Labute approximate surface area is 265 Å². The fourth-order valence-electron chi connectivity index (χ4n) is 4.80. The summed E-state index contributed by atoms with van der Waals surface area (Å²) in [4.78, 5) is 43.0. The molecule has 0 aliphatic heterocycles. The Bertz CT molecular complexity index is 1430. The molecular weight excluding hydrogens is 582 g/mol. The van der Waals surface area contributed by atoms with Gasteiger partial charge < -0.3 is 14.6 Å². The van der Waals surface area contributed by atoms with Gasteiger partial charge in [-0.15, -0.1) is 0 Å². The highest BCUT2D eigenvalue weighted by Gasteiger charge is 2.28. The second kappa shape index (κ2) is 15.6. The van der Waals surface area contributed by atoms with E-state index in [-0.39, 0.29) is 29.5 Å². The van der Waals surface area contributed by atoms with Gasteiger partial charge in [-0.2, -0.15) is 0 Å². The van der Waals surface area contributed by atoms with Crippen LogP contribution in [0.3, 0.4) is 0 Å². The number of halogens is 1. The zero-order valence-electron chi connectivity index (χ0n) is 26.3. The van der Waals surface area contributed by atoms with E-state index in [2.05, 4.69) is 16.8 Å². The number of nitrogens with one attached hydrogen (secondary N) is 1. The molecule has 9 heteroatoms. The van der Waals surface area contributed by atoms with Crippen molar-refractivity contribution in [1.29, 1.82) is 0 Å². The number of thioether (sulfide) groups is 1. The summed E-state index contributed by atoms with van der Waals surface area (Å²) >= 11 is 7.78. The molecule has 1 N–H and O–H groups in total. The molecule has 1 aromatic heterocycles. The molecule has 0 spiro atoms. The SMILES string of the molecule is CCCCc1nc(Cl)c(CNC(=O)C(SC(C)=O)C(C)CC)n1Cc1ccccc1-c1ccccc1C(=O)OC(C)(C)C. The molecule has 3 aromatic rings. The molecule has 0 bridgehead atoms. The third-order valence-electron chi connectivity index (χ3n) is 7.18. The summed E-state index contributed by atoms with van der Waals surface area (Å²) in [6.45, 7) is 13.8. The highest BCUT2D eigenvalue weighted by Crippen LogP contribution is 2.31. The van der Waals surface area contributed by atoms with Gasteiger partial charge in [-0.3, -0.25) is 9.59 Å². The fourth-order valence-corrected chi connectivity index (χ4v) is 6.04. The molecule has 0 saturated carbocycles. The van der Waals surface area contributed by atoms with Crippen molar-refractivity contribution in [3.8, 4) is 11.1 Å². The molecule has 0 fully saturated rings. The summed E-state index contributed by atoms with van der Waals surface area (Å²) in [5, 5.41) is 2.80. The van der Waals surface area contributed by atoms with Crippen molar-refractivity contribution in [3.63, 3.8) is 0 Å². The third-order valence-corrected chi connectivity index (χ3v) is 8.75. The average Bonchev–Trinajstić information content (AvgIpc) is 3.25. The van der Waals surface area contributed by atoms with Crippen LogP contribution in [0.15, 0.2) is 48.5 Å². The topological polar surface area (TPSA) is 90.3 Å². The van der Waals surface area contributed by atoms with Crippen LogP contribution in [0.4, 0.5) is 0 Å². The first-order chi connectivity index (χ1) is 20.4. The van der Waals surface area contributed by atoms with Gasteiger partial charge in [0.05, 0.1) is 23.1 Å². The molecular formula is C34H44ClN3O4S. The van der Waals surface area contributed by atoms with Gasteiger partial charge in [0.1, 0.15) is 11.4 Å². The molecule has 7 nitrogen and oxygen atoms in total. The lowest BCUT2D eigenvalue weighted by Gasteiger charge is -2.22. The van der Waals surface area contributed by atoms with Gasteiger partial charge in [0, 0.05) is 19.9 Å². The van der Waals surface area contributed by atoms with Crippen LogP contribution < -0.4 is 5.32 Å². The summed E-state index contributed by atoms with van der Waals surface area (Å²) in [5.74, 6) is 0.296. The van der Waals surface area contributed by atoms with Crippen molar-refractivity contribution in [2.24, 2.45) is 5.92 Å². The van der Waals surface area contributed by atoms with E-state index < -0.39 is 10.9 Å². The predicted octanol–water partition coefficient (Wildman–Crippen LogP) is 7.86. The number of unbranched alkanes of at least 4 members (excludes halogenated alkanes) is 1. The Morgan fingerprint density at radius 3 is 2.33 bits per heavy atom. The monoisotopic (exact) mass is 625 g/mol. The lowest BCUT2D eigenvalue weighted by Crippen LogP contribution is -2.37. The molecule has 1 heterocycles. The zero-order valence-corrected chi connectivity index (χ0v) is 27.9. The standard InChI is InChI=1S/C34H44ClN3O4S/c1-8-10-19-29-37-31(35)28(20-36-32(40)30(22(3)9-2)43-23(4)39)38(29)21-24-15-11-12-16-25(24)26-17-13-14-18-27(26)33(41)42-34(5,6)7/h11-18,22,30H,8-10,19-21H2,1-7H3,(H,36,40). The van der Waals surface area contributed by atoms with Crippen LogP contribution in [-0.4, -0.2) is 37.4 Å². The highest BCUT2D eigenvalue weighted by atomic mass is 35.5. The van der Waals surface area contributed by atoms with Gasteiger partial charge in [0.2, 0.25) is 5.91 Å².